The molecule has 162 valence electrons. The van der Waals surface area contributed by atoms with Gasteiger partial charge in [-0.2, -0.15) is 0 Å². The van der Waals surface area contributed by atoms with Crippen molar-refractivity contribution in [3.63, 3.8) is 0 Å². The Bertz CT molecular complexity index is 835. The van der Waals surface area contributed by atoms with Crippen LogP contribution in [0.4, 0.5) is 11.4 Å². The first-order chi connectivity index (χ1) is 13.7. The third-order valence-electron chi connectivity index (χ3n) is 4.86. The highest BCUT2D eigenvalue weighted by Gasteiger charge is 2.29. The van der Waals surface area contributed by atoms with Gasteiger partial charge in [0.1, 0.15) is 5.69 Å². The monoisotopic (exact) mass is 427 g/mol. The number of sulfonamides is 1. The van der Waals surface area contributed by atoms with Gasteiger partial charge < -0.3 is 15.1 Å². The van der Waals surface area contributed by atoms with Gasteiger partial charge in [-0.1, -0.05) is 0 Å². The minimum Gasteiger partial charge on any atom is -0.366 e. The first-order valence-corrected chi connectivity index (χ1v) is 11.1. The number of nitro groups is 1. The van der Waals surface area contributed by atoms with Gasteiger partial charge in [-0.05, 0) is 46.0 Å². The maximum absolute atomic E-state index is 12.4. The molecule has 1 heterocycles. The number of nitrogens with one attached hydrogen (secondary N) is 2. The van der Waals surface area contributed by atoms with E-state index in [1.54, 1.807) is 0 Å². The van der Waals surface area contributed by atoms with Crippen molar-refractivity contribution in [1.82, 2.24) is 14.9 Å². The molecule has 10 nitrogen and oxygen atoms in total. The summed E-state index contributed by atoms with van der Waals surface area (Å²) in [7, 11) is -0.194. The van der Waals surface area contributed by atoms with Crippen molar-refractivity contribution in [2.24, 2.45) is 5.92 Å². The number of nitro benzene ring substituents is 1. The minimum atomic E-state index is -3.84. The average Bonchev–Trinajstić information content (AvgIpc) is 2.67. The van der Waals surface area contributed by atoms with E-state index < -0.39 is 14.9 Å². The number of benzene rings is 1. The van der Waals surface area contributed by atoms with E-state index in [-0.39, 0.29) is 29.0 Å². The standard InChI is InChI=1S/C18H29N5O5S/c1-4-19-18(24)14-7-10-22(11-8-14)16-6-5-15(13-17(16)23(25)26)29(27,28)20-9-12-21(2)3/h5-6,13-14,20H,4,7-12H2,1-3H3,(H,19,24). The van der Waals surface area contributed by atoms with Crippen molar-refractivity contribution in [3.05, 3.63) is 28.3 Å². The van der Waals surface area contributed by atoms with Crippen molar-refractivity contribution in [2.45, 2.75) is 24.7 Å². The highest BCUT2D eigenvalue weighted by Crippen LogP contribution is 2.33. The summed E-state index contributed by atoms with van der Waals surface area (Å²) in [6, 6.07) is 3.96. The van der Waals surface area contributed by atoms with Gasteiger partial charge in [0.25, 0.3) is 5.69 Å². The van der Waals surface area contributed by atoms with Gasteiger partial charge in [-0.3, -0.25) is 14.9 Å². The zero-order valence-electron chi connectivity index (χ0n) is 17.1. The lowest BCUT2D eigenvalue weighted by atomic mass is 9.95. The average molecular weight is 428 g/mol. The van der Waals surface area contributed by atoms with Crippen molar-refractivity contribution < 1.29 is 18.1 Å². The van der Waals surface area contributed by atoms with Gasteiger partial charge in [-0.25, -0.2) is 13.1 Å². The SMILES string of the molecule is CCNC(=O)C1CCN(c2ccc(S(=O)(=O)NCCN(C)C)cc2[N+](=O)[O-])CC1. The predicted octanol–water partition coefficient (Wildman–Crippen LogP) is 0.787. The Labute approximate surface area is 171 Å². The van der Waals surface area contributed by atoms with E-state index in [4.69, 9.17) is 0 Å². The Hall–Kier alpha value is -2.24. The number of piperidine rings is 1. The normalized spacial score (nSPS) is 15.5. The smallest absolute Gasteiger partial charge is 0.293 e. The Morgan fingerprint density at radius 2 is 1.97 bits per heavy atom. The highest BCUT2D eigenvalue weighted by molar-refractivity contribution is 7.89. The van der Waals surface area contributed by atoms with E-state index >= 15 is 0 Å². The summed E-state index contributed by atoms with van der Waals surface area (Å²) in [5.74, 6) is -0.0994. The fraction of sp³-hybridized carbons (Fsp3) is 0.611. The third-order valence-corrected chi connectivity index (χ3v) is 6.32. The molecule has 0 spiro atoms. The van der Waals surface area contributed by atoms with Crippen LogP contribution >= 0.6 is 0 Å². The molecule has 1 aliphatic rings. The molecule has 1 aliphatic heterocycles. The molecular formula is C18H29N5O5S. The van der Waals surface area contributed by atoms with Gasteiger partial charge in [0.15, 0.2) is 0 Å². The molecule has 1 amide bonds. The van der Waals surface area contributed by atoms with Gasteiger partial charge in [-0.15, -0.1) is 0 Å². The van der Waals surface area contributed by atoms with Crippen molar-refractivity contribution >= 4 is 27.3 Å². The first kappa shape index (κ1) is 23.0. The Morgan fingerprint density at radius 1 is 1.31 bits per heavy atom. The summed E-state index contributed by atoms with van der Waals surface area (Å²) in [5, 5.41) is 14.4. The van der Waals surface area contributed by atoms with Crippen molar-refractivity contribution in [1.29, 1.82) is 0 Å². The Balaban J connectivity index is 2.16. The lowest BCUT2D eigenvalue weighted by molar-refractivity contribution is -0.384. The molecule has 0 unspecified atom stereocenters. The van der Waals surface area contributed by atoms with E-state index in [2.05, 4.69) is 10.0 Å². The largest absolute Gasteiger partial charge is 0.366 e. The quantitative estimate of drug-likeness (QED) is 0.441. The van der Waals surface area contributed by atoms with Crippen LogP contribution in [0.5, 0.6) is 0 Å². The highest BCUT2D eigenvalue weighted by atomic mass is 32.2. The summed E-state index contributed by atoms with van der Waals surface area (Å²) >= 11 is 0. The maximum atomic E-state index is 12.4. The molecule has 1 aromatic carbocycles. The minimum absolute atomic E-state index is 0.00638. The summed E-state index contributed by atoms with van der Waals surface area (Å²) in [6.45, 7) is 4.15. The summed E-state index contributed by atoms with van der Waals surface area (Å²) in [5.41, 5.74) is 0.119. The molecule has 0 saturated carbocycles. The molecule has 1 aromatic rings. The first-order valence-electron chi connectivity index (χ1n) is 9.61. The number of carbonyl (C=O) groups excluding carboxylic acids is 1. The molecule has 0 radical (unpaired) electrons. The number of amides is 1. The van der Waals surface area contributed by atoms with Crippen LogP contribution in [-0.2, 0) is 14.8 Å². The van der Waals surface area contributed by atoms with Gasteiger partial charge in [0.05, 0.1) is 9.82 Å². The van der Waals surface area contributed by atoms with Crippen molar-refractivity contribution in [2.75, 3.05) is 51.7 Å². The maximum Gasteiger partial charge on any atom is 0.293 e. The zero-order chi connectivity index (χ0) is 21.6. The lowest BCUT2D eigenvalue weighted by Gasteiger charge is -2.32. The number of hydrogen-bond acceptors (Lipinski definition) is 7. The molecule has 1 fully saturated rings. The molecule has 0 bridgehead atoms. The summed E-state index contributed by atoms with van der Waals surface area (Å²) in [4.78, 5) is 26.6. The molecule has 29 heavy (non-hydrogen) atoms. The van der Waals surface area contributed by atoms with Gasteiger partial charge in [0.2, 0.25) is 15.9 Å². The summed E-state index contributed by atoms with van der Waals surface area (Å²) in [6.07, 6.45) is 1.18. The van der Waals surface area contributed by atoms with Crippen LogP contribution in [-0.4, -0.2) is 71.0 Å². The molecule has 1 saturated heterocycles. The van der Waals surface area contributed by atoms with Crippen LogP contribution in [0.15, 0.2) is 23.1 Å². The van der Waals surface area contributed by atoms with E-state index in [0.29, 0.717) is 44.7 Å². The second-order valence-corrected chi connectivity index (χ2v) is 9.03. The molecule has 0 atom stereocenters. The van der Waals surface area contributed by atoms with E-state index in [9.17, 15) is 23.3 Å². The van der Waals surface area contributed by atoms with Crippen molar-refractivity contribution in [3.8, 4) is 0 Å². The van der Waals surface area contributed by atoms with Crippen LogP contribution in [0.1, 0.15) is 19.8 Å². The van der Waals surface area contributed by atoms with E-state index in [1.165, 1.54) is 12.1 Å². The number of likely N-dealkylation sites (N-methyl/N-ethyl adjacent to an activating group) is 1. The van der Waals surface area contributed by atoms with E-state index in [0.717, 1.165) is 6.07 Å². The fourth-order valence-corrected chi connectivity index (χ4v) is 4.31. The molecular weight excluding hydrogens is 398 g/mol. The van der Waals surface area contributed by atoms with Crippen LogP contribution < -0.4 is 14.9 Å². The second kappa shape index (κ2) is 9.99. The Kier molecular flexibility index (Phi) is 7.94. The number of anilines is 1. The molecule has 0 aliphatic carbocycles. The van der Waals surface area contributed by atoms with Crippen LogP contribution in [0.3, 0.4) is 0 Å². The topological polar surface area (TPSA) is 125 Å². The number of carbonyl (C=O) groups is 1. The predicted molar refractivity (Wildman–Crippen MR) is 110 cm³/mol. The molecule has 11 heteroatoms. The van der Waals surface area contributed by atoms with Crippen LogP contribution in [0.25, 0.3) is 0 Å². The number of rotatable bonds is 9. The lowest BCUT2D eigenvalue weighted by Crippen LogP contribution is -2.40. The number of nitrogens with zero attached hydrogens (tertiary/aromatic N) is 3. The van der Waals surface area contributed by atoms with Gasteiger partial charge >= 0.3 is 0 Å². The zero-order valence-corrected chi connectivity index (χ0v) is 17.9. The molecule has 2 rings (SSSR count). The molecule has 0 aromatic heterocycles. The van der Waals surface area contributed by atoms with Crippen LogP contribution in [0, 0.1) is 16.0 Å². The van der Waals surface area contributed by atoms with E-state index in [1.807, 2.05) is 30.8 Å². The van der Waals surface area contributed by atoms with Gasteiger partial charge in [0, 0.05) is 44.7 Å². The third kappa shape index (κ3) is 6.12. The Morgan fingerprint density at radius 3 is 2.52 bits per heavy atom. The molecule has 2 N–H and O–H groups in total. The number of hydrogen-bond donors (Lipinski definition) is 2. The van der Waals surface area contributed by atoms with Crippen LogP contribution in [0.2, 0.25) is 0 Å². The second-order valence-electron chi connectivity index (χ2n) is 7.26. The fourth-order valence-electron chi connectivity index (χ4n) is 3.27. The summed E-state index contributed by atoms with van der Waals surface area (Å²) < 4.78 is 27.3.